The van der Waals surface area contributed by atoms with Crippen molar-refractivity contribution in [3.05, 3.63) is 35.4 Å². The highest BCUT2D eigenvalue weighted by Gasteiger charge is 2.35. The van der Waals surface area contributed by atoms with Crippen molar-refractivity contribution in [1.29, 1.82) is 0 Å². The Morgan fingerprint density at radius 3 is 2.95 bits per heavy atom. The van der Waals surface area contributed by atoms with E-state index in [2.05, 4.69) is 4.90 Å². The third-order valence-corrected chi connectivity index (χ3v) is 4.57. The normalized spacial score (nSPS) is 28.1. The summed E-state index contributed by atoms with van der Waals surface area (Å²) in [6.07, 6.45) is 3.63. The molecule has 0 bridgehead atoms. The number of fused-ring (bicyclic) bond motifs is 1. The summed E-state index contributed by atoms with van der Waals surface area (Å²) in [7, 11) is 0. The molecule has 1 saturated carbocycles. The molecule has 1 aromatic carbocycles. The van der Waals surface area contributed by atoms with E-state index in [1.807, 2.05) is 0 Å². The van der Waals surface area contributed by atoms with Gasteiger partial charge >= 0.3 is 0 Å². The van der Waals surface area contributed by atoms with Crippen LogP contribution in [0.5, 0.6) is 0 Å². The van der Waals surface area contributed by atoms with Crippen molar-refractivity contribution in [3.63, 3.8) is 0 Å². The van der Waals surface area contributed by atoms with Crippen molar-refractivity contribution in [2.45, 2.75) is 43.9 Å². The highest BCUT2D eigenvalue weighted by Crippen LogP contribution is 2.30. The van der Waals surface area contributed by atoms with Gasteiger partial charge in [0, 0.05) is 24.7 Å². The molecule has 1 aliphatic heterocycles. The van der Waals surface area contributed by atoms with Gasteiger partial charge in [0.1, 0.15) is 11.6 Å². The number of hydrogen-bond donors (Lipinski definition) is 1. The standard InChI is InChI=1S/C16H21F2NO2/c17-11-5-6-13(18)12(9-11)15(20)10-19-7-8-21-16-4-2-1-3-14(16)19/h5-6,9,14-16,20H,1-4,7-8,10H2/t14-,15-,16-/m1/s1. The molecule has 5 heteroatoms. The summed E-state index contributed by atoms with van der Waals surface area (Å²) in [6, 6.07) is 3.51. The Hall–Kier alpha value is -1.04. The predicted octanol–water partition coefficient (Wildman–Crippen LogP) is 2.64. The Labute approximate surface area is 123 Å². The molecule has 21 heavy (non-hydrogen) atoms. The fourth-order valence-corrected chi connectivity index (χ4v) is 3.49. The maximum Gasteiger partial charge on any atom is 0.129 e. The van der Waals surface area contributed by atoms with E-state index in [9.17, 15) is 13.9 Å². The fraction of sp³-hybridized carbons (Fsp3) is 0.625. The number of β-amino-alcohol motifs (C(OH)–C–C–N with tert-alkyl or cyclic N) is 1. The van der Waals surface area contributed by atoms with Crippen LogP contribution in [0, 0.1) is 11.6 Å². The molecule has 0 unspecified atom stereocenters. The Kier molecular flexibility index (Phi) is 4.52. The first-order valence-electron chi connectivity index (χ1n) is 7.64. The van der Waals surface area contributed by atoms with Gasteiger partial charge in [-0.3, -0.25) is 4.90 Å². The van der Waals surface area contributed by atoms with E-state index in [1.165, 1.54) is 6.42 Å². The Morgan fingerprint density at radius 1 is 1.29 bits per heavy atom. The second kappa shape index (κ2) is 6.38. The van der Waals surface area contributed by atoms with Crippen LogP contribution in [0.1, 0.15) is 37.4 Å². The maximum atomic E-state index is 13.7. The Morgan fingerprint density at radius 2 is 2.10 bits per heavy atom. The van der Waals surface area contributed by atoms with Crippen molar-refractivity contribution >= 4 is 0 Å². The van der Waals surface area contributed by atoms with Gasteiger partial charge in [0.05, 0.1) is 18.8 Å². The summed E-state index contributed by atoms with van der Waals surface area (Å²) in [4.78, 5) is 2.17. The molecular weight excluding hydrogens is 276 g/mol. The van der Waals surface area contributed by atoms with E-state index in [0.29, 0.717) is 19.2 Å². The maximum absolute atomic E-state index is 13.7. The zero-order valence-electron chi connectivity index (χ0n) is 12.0. The lowest BCUT2D eigenvalue weighted by Gasteiger charge is -2.44. The molecule has 0 aromatic heterocycles. The van der Waals surface area contributed by atoms with Crippen LogP contribution in [0.15, 0.2) is 18.2 Å². The molecule has 2 fully saturated rings. The first kappa shape index (κ1) is 14.9. The van der Waals surface area contributed by atoms with Crippen molar-refractivity contribution in [2.24, 2.45) is 0 Å². The summed E-state index contributed by atoms with van der Waals surface area (Å²) >= 11 is 0. The van der Waals surface area contributed by atoms with Gasteiger partial charge in [-0.2, -0.15) is 0 Å². The van der Waals surface area contributed by atoms with Crippen LogP contribution in [0.2, 0.25) is 0 Å². The molecule has 0 amide bonds. The quantitative estimate of drug-likeness (QED) is 0.931. The van der Waals surface area contributed by atoms with E-state index in [-0.39, 0.29) is 11.7 Å². The van der Waals surface area contributed by atoms with Gasteiger partial charge in [-0.1, -0.05) is 12.8 Å². The third-order valence-electron chi connectivity index (χ3n) is 4.57. The number of nitrogens with zero attached hydrogens (tertiary/aromatic N) is 1. The molecule has 1 aromatic rings. The monoisotopic (exact) mass is 297 g/mol. The Bertz CT molecular complexity index is 495. The van der Waals surface area contributed by atoms with E-state index in [4.69, 9.17) is 4.74 Å². The highest BCUT2D eigenvalue weighted by atomic mass is 19.1. The van der Waals surface area contributed by atoms with E-state index < -0.39 is 17.7 Å². The topological polar surface area (TPSA) is 32.7 Å². The van der Waals surface area contributed by atoms with Crippen LogP contribution in [0.25, 0.3) is 0 Å². The lowest BCUT2D eigenvalue weighted by Crippen LogP contribution is -2.53. The van der Waals surface area contributed by atoms with E-state index in [0.717, 1.165) is 44.0 Å². The van der Waals surface area contributed by atoms with Crippen LogP contribution in [-0.2, 0) is 4.74 Å². The van der Waals surface area contributed by atoms with Crippen LogP contribution in [0.3, 0.4) is 0 Å². The summed E-state index contributed by atoms with van der Waals surface area (Å²) in [5.74, 6) is -1.08. The SMILES string of the molecule is O[C@H](CN1CCO[C@@H]2CCCC[C@H]21)c1cc(F)ccc1F. The average molecular weight is 297 g/mol. The molecule has 3 atom stereocenters. The number of morpholine rings is 1. The molecular formula is C16H21F2NO2. The third kappa shape index (κ3) is 3.25. The number of hydrogen-bond acceptors (Lipinski definition) is 3. The second-order valence-corrected chi connectivity index (χ2v) is 5.94. The molecule has 0 radical (unpaired) electrons. The van der Waals surface area contributed by atoms with Crippen molar-refractivity contribution in [2.75, 3.05) is 19.7 Å². The van der Waals surface area contributed by atoms with Crippen LogP contribution in [-0.4, -0.2) is 41.8 Å². The minimum atomic E-state index is -1.01. The van der Waals surface area contributed by atoms with Crippen LogP contribution < -0.4 is 0 Å². The second-order valence-electron chi connectivity index (χ2n) is 5.94. The van der Waals surface area contributed by atoms with Gasteiger partial charge in [-0.15, -0.1) is 0 Å². The van der Waals surface area contributed by atoms with Crippen LogP contribution >= 0.6 is 0 Å². The highest BCUT2D eigenvalue weighted by molar-refractivity contribution is 5.21. The summed E-state index contributed by atoms with van der Waals surface area (Å²) < 4.78 is 32.8. The summed E-state index contributed by atoms with van der Waals surface area (Å²) in [5.41, 5.74) is 0.0360. The van der Waals surface area contributed by atoms with E-state index >= 15 is 0 Å². The lowest BCUT2D eigenvalue weighted by molar-refractivity contribution is -0.0976. The largest absolute Gasteiger partial charge is 0.387 e. The summed E-state index contributed by atoms with van der Waals surface area (Å²) in [5, 5.41) is 10.3. The van der Waals surface area contributed by atoms with Gasteiger partial charge in [-0.05, 0) is 31.0 Å². The number of halogens is 2. The number of ether oxygens (including phenoxy) is 1. The molecule has 2 aliphatic rings. The smallest absolute Gasteiger partial charge is 0.129 e. The first-order valence-corrected chi connectivity index (χ1v) is 7.64. The molecule has 1 saturated heterocycles. The number of aliphatic hydroxyl groups is 1. The van der Waals surface area contributed by atoms with Gasteiger partial charge < -0.3 is 9.84 Å². The van der Waals surface area contributed by atoms with Gasteiger partial charge in [0.25, 0.3) is 0 Å². The van der Waals surface area contributed by atoms with E-state index in [1.54, 1.807) is 0 Å². The zero-order valence-corrected chi connectivity index (χ0v) is 12.0. The van der Waals surface area contributed by atoms with Gasteiger partial charge in [0.15, 0.2) is 0 Å². The molecule has 3 nitrogen and oxygen atoms in total. The van der Waals surface area contributed by atoms with Crippen molar-refractivity contribution in [1.82, 2.24) is 4.90 Å². The van der Waals surface area contributed by atoms with Crippen molar-refractivity contribution in [3.8, 4) is 0 Å². The van der Waals surface area contributed by atoms with Gasteiger partial charge in [-0.25, -0.2) is 8.78 Å². The van der Waals surface area contributed by atoms with Crippen molar-refractivity contribution < 1.29 is 18.6 Å². The molecule has 1 heterocycles. The Balaban J connectivity index is 1.71. The number of rotatable bonds is 3. The molecule has 116 valence electrons. The molecule has 1 aliphatic carbocycles. The van der Waals surface area contributed by atoms with Gasteiger partial charge in [0.2, 0.25) is 0 Å². The fourth-order valence-electron chi connectivity index (χ4n) is 3.49. The molecule has 1 N–H and O–H groups in total. The summed E-state index contributed by atoms with van der Waals surface area (Å²) in [6.45, 7) is 1.69. The van der Waals surface area contributed by atoms with Crippen LogP contribution in [0.4, 0.5) is 8.78 Å². The first-order chi connectivity index (χ1) is 10.1. The lowest BCUT2D eigenvalue weighted by atomic mass is 9.89. The number of benzene rings is 1. The minimum Gasteiger partial charge on any atom is -0.387 e. The number of aliphatic hydroxyl groups excluding tert-OH is 1. The average Bonchev–Trinajstić information content (AvgIpc) is 2.50. The molecule has 3 rings (SSSR count). The minimum absolute atomic E-state index is 0.0360. The molecule has 0 spiro atoms. The predicted molar refractivity (Wildman–Crippen MR) is 74.9 cm³/mol. The zero-order chi connectivity index (χ0) is 14.8.